The third-order valence-electron chi connectivity index (χ3n) is 4.16. The van der Waals surface area contributed by atoms with Gasteiger partial charge >= 0.3 is 0 Å². The van der Waals surface area contributed by atoms with Gasteiger partial charge in [0.25, 0.3) is 6.43 Å². The van der Waals surface area contributed by atoms with Crippen LogP contribution in [0.1, 0.15) is 24.3 Å². The Morgan fingerprint density at radius 2 is 2.11 bits per heavy atom. The van der Waals surface area contributed by atoms with E-state index in [2.05, 4.69) is 19.9 Å². The zero-order valence-corrected chi connectivity index (χ0v) is 15.8. The molecule has 0 unspecified atom stereocenters. The molecular weight excluding hydrogens is 427 g/mol. The van der Waals surface area contributed by atoms with Crippen molar-refractivity contribution in [1.82, 2.24) is 24.3 Å². The van der Waals surface area contributed by atoms with Crippen molar-refractivity contribution in [3.05, 3.63) is 28.5 Å². The molecule has 1 saturated carbocycles. The Kier molecular flexibility index (Phi) is 4.41. The molecule has 3 heterocycles. The largest absolute Gasteiger partial charge is 0.295 e. The lowest BCUT2D eigenvalue weighted by atomic mass is 10.3. The smallest absolute Gasteiger partial charge is 0.291 e. The summed E-state index contributed by atoms with van der Waals surface area (Å²) in [5.41, 5.74) is -0.699. The van der Waals surface area contributed by atoms with Crippen LogP contribution in [0.25, 0.3) is 16.3 Å². The molecule has 0 spiro atoms. The quantitative estimate of drug-likeness (QED) is 0.639. The minimum atomic E-state index is -4.04. The van der Waals surface area contributed by atoms with E-state index in [1.807, 2.05) is 0 Å². The lowest BCUT2D eigenvalue weighted by molar-refractivity contribution is 0.150. The second-order valence-electron chi connectivity index (χ2n) is 6.13. The zero-order chi connectivity index (χ0) is 19.4. The molecule has 0 aliphatic heterocycles. The summed E-state index contributed by atoms with van der Waals surface area (Å²) in [6.45, 7) is -0.806. The van der Waals surface area contributed by atoms with Gasteiger partial charge in [-0.2, -0.15) is 0 Å². The number of fused-ring (bicyclic) bond motifs is 1. The molecule has 1 N–H and O–H groups in total. The Bertz CT molecular complexity index is 1130. The van der Waals surface area contributed by atoms with Gasteiger partial charge in [-0.25, -0.2) is 31.3 Å². The highest BCUT2D eigenvalue weighted by atomic mass is 35.5. The maximum Gasteiger partial charge on any atom is 0.291 e. The number of imidazole rings is 1. The van der Waals surface area contributed by atoms with Gasteiger partial charge in [-0.15, -0.1) is 10.2 Å². The van der Waals surface area contributed by atoms with Gasteiger partial charge in [0, 0.05) is 6.20 Å². The molecule has 27 heavy (non-hydrogen) atoms. The molecule has 144 valence electrons. The van der Waals surface area contributed by atoms with E-state index >= 15 is 0 Å². The van der Waals surface area contributed by atoms with E-state index in [1.165, 1.54) is 22.9 Å². The maximum atomic E-state index is 13.1. The standard InChI is InChI=1S/C14H11ClF3N5O2S2/c15-8-3-7(27(24,25)22-14(6-16)1-2-14)5-23-9(8)4-19-11(23)13-21-20-12(26-13)10(17)18/h3-5,10,22H,1-2,6H2. The predicted molar refractivity (Wildman–Crippen MR) is 92.3 cm³/mol. The van der Waals surface area contributed by atoms with Crippen molar-refractivity contribution < 1.29 is 21.6 Å². The first kappa shape index (κ1) is 18.6. The fourth-order valence-corrected chi connectivity index (χ4v) is 4.99. The third kappa shape index (κ3) is 3.30. The number of alkyl halides is 3. The third-order valence-corrected chi connectivity index (χ3v) is 6.93. The summed E-state index contributed by atoms with van der Waals surface area (Å²) < 4.78 is 67.5. The van der Waals surface area contributed by atoms with Crippen LogP contribution in [0.3, 0.4) is 0 Å². The number of nitrogens with zero attached hydrogens (tertiary/aromatic N) is 4. The van der Waals surface area contributed by atoms with Crippen LogP contribution in [0.2, 0.25) is 5.02 Å². The van der Waals surface area contributed by atoms with E-state index in [-0.39, 0.29) is 20.8 Å². The first-order valence-electron chi connectivity index (χ1n) is 7.63. The number of hydrogen-bond donors (Lipinski definition) is 1. The van der Waals surface area contributed by atoms with Gasteiger partial charge in [-0.3, -0.25) is 4.40 Å². The summed E-state index contributed by atoms with van der Waals surface area (Å²) >= 11 is 6.81. The summed E-state index contributed by atoms with van der Waals surface area (Å²) in [5.74, 6) is 0.125. The van der Waals surface area contributed by atoms with Crippen LogP contribution in [0.15, 0.2) is 23.4 Å². The van der Waals surface area contributed by atoms with E-state index in [4.69, 9.17) is 11.6 Å². The molecule has 0 radical (unpaired) electrons. The molecule has 1 aliphatic rings. The highest BCUT2D eigenvalue weighted by Crippen LogP contribution is 2.38. The predicted octanol–water partition coefficient (Wildman–Crippen LogP) is 3.22. The van der Waals surface area contributed by atoms with Gasteiger partial charge < -0.3 is 0 Å². The Hall–Kier alpha value is -1.76. The average Bonchev–Trinajstić information content (AvgIpc) is 3.03. The minimum Gasteiger partial charge on any atom is -0.295 e. The number of sulfonamides is 1. The summed E-state index contributed by atoms with van der Waals surface area (Å²) in [6.07, 6.45) is 0.659. The Labute approximate surface area is 160 Å². The second-order valence-corrected chi connectivity index (χ2v) is 9.23. The molecule has 1 fully saturated rings. The topological polar surface area (TPSA) is 89.2 Å². The SMILES string of the molecule is O=S(=O)(NC1(CF)CC1)c1cc(Cl)c2cnc(-c3nnc(C(F)F)s3)n2c1. The average molecular weight is 438 g/mol. The van der Waals surface area contributed by atoms with Gasteiger partial charge in [-0.05, 0) is 18.9 Å². The first-order valence-corrected chi connectivity index (χ1v) is 10.3. The number of rotatable bonds is 6. The summed E-state index contributed by atoms with van der Waals surface area (Å²) in [7, 11) is -4.04. The summed E-state index contributed by atoms with van der Waals surface area (Å²) in [6, 6.07) is 1.23. The van der Waals surface area contributed by atoms with E-state index in [1.54, 1.807) is 0 Å². The Morgan fingerprint density at radius 3 is 2.70 bits per heavy atom. The Balaban J connectivity index is 1.80. The van der Waals surface area contributed by atoms with Gasteiger partial charge in [0.2, 0.25) is 10.0 Å². The number of pyridine rings is 1. The molecule has 0 bridgehead atoms. The van der Waals surface area contributed by atoms with Gasteiger partial charge in [-0.1, -0.05) is 22.9 Å². The lowest BCUT2D eigenvalue weighted by Gasteiger charge is -2.14. The van der Waals surface area contributed by atoms with E-state index in [0.717, 1.165) is 0 Å². The molecule has 0 amide bonds. The zero-order valence-electron chi connectivity index (χ0n) is 13.4. The van der Waals surface area contributed by atoms with E-state index in [9.17, 15) is 21.6 Å². The molecule has 0 saturated heterocycles. The molecule has 4 rings (SSSR count). The molecule has 1 aliphatic carbocycles. The van der Waals surface area contributed by atoms with Crippen molar-refractivity contribution in [3.8, 4) is 10.8 Å². The number of nitrogens with one attached hydrogen (secondary N) is 1. The fourth-order valence-electron chi connectivity index (χ4n) is 2.51. The van der Waals surface area contributed by atoms with Crippen molar-refractivity contribution in [3.63, 3.8) is 0 Å². The van der Waals surface area contributed by atoms with Gasteiger partial charge in [0.15, 0.2) is 15.8 Å². The van der Waals surface area contributed by atoms with Gasteiger partial charge in [0.1, 0.15) is 11.6 Å². The molecule has 13 heteroatoms. The van der Waals surface area contributed by atoms with Crippen molar-refractivity contribution in [2.75, 3.05) is 6.67 Å². The normalized spacial score (nSPS) is 16.3. The highest BCUT2D eigenvalue weighted by Gasteiger charge is 2.46. The number of halogens is 4. The van der Waals surface area contributed by atoms with E-state index < -0.39 is 33.7 Å². The minimum absolute atomic E-state index is 0.0836. The molecule has 0 atom stereocenters. The van der Waals surface area contributed by atoms with E-state index in [0.29, 0.717) is 29.7 Å². The molecule has 3 aromatic heterocycles. The summed E-state index contributed by atoms with van der Waals surface area (Å²) in [5, 5.41) is 6.78. The van der Waals surface area contributed by atoms with Crippen LogP contribution in [0.4, 0.5) is 13.2 Å². The van der Waals surface area contributed by atoms with Crippen molar-refractivity contribution in [1.29, 1.82) is 0 Å². The summed E-state index contributed by atoms with van der Waals surface area (Å²) in [4.78, 5) is 3.89. The van der Waals surface area contributed by atoms with Crippen LogP contribution in [0.5, 0.6) is 0 Å². The second kappa shape index (κ2) is 6.40. The maximum absolute atomic E-state index is 13.1. The highest BCUT2D eigenvalue weighted by molar-refractivity contribution is 7.89. The van der Waals surface area contributed by atoms with Crippen LogP contribution >= 0.6 is 22.9 Å². The van der Waals surface area contributed by atoms with Crippen LogP contribution < -0.4 is 4.72 Å². The Morgan fingerprint density at radius 1 is 1.37 bits per heavy atom. The van der Waals surface area contributed by atoms with Crippen molar-refractivity contribution in [2.24, 2.45) is 0 Å². The van der Waals surface area contributed by atoms with Crippen molar-refractivity contribution >= 4 is 38.5 Å². The molecular formula is C14H11ClF3N5O2S2. The van der Waals surface area contributed by atoms with Crippen molar-refractivity contribution in [2.45, 2.75) is 29.7 Å². The van der Waals surface area contributed by atoms with Crippen LogP contribution in [-0.2, 0) is 10.0 Å². The van der Waals surface area contributed by atoms with Crippen LogP contribution in [-0.4, -0.2) is 40.2 Å². The molecule has 7 nitrogen and oxygen atoms in total. The van der Waals surface area contributed by atoms with Crippen LogP contribution in [0, 0.1) is 0 Å². The lowest BCUT2D eigenvalue weighted by Crippen LogP contribution is -2.38. The monoisotopic (exact) mass is 437 g/mol. The molecule has 3 aromatic rings. The first-order chi connectivity index (χ1) is 12.7. The number of aromatic nitrogens is 4. The van der Waals surface area contributed by atoms with Gasteiger partial charge in [0.05, 0.1) is 22.3 Å². The fraction of sp³-hybridized carbons (Fsp3) is 0.357. The molecule has 0 aromatic carbocycles. The number of hydrogen-bond acceptors (Lipinski definition) is 6.